The predicted molar refractivity (Wildman–Crippen MR) is 329 cm³/mol. The maximum Gasteiger partial charge on any atom is 0.416 e. The molecular formula is C68H76ClF4N11O3. The lowest BCUT2D eigenvalue weighted by Crippen LogP contribution is -2.39. The number of hydrogen-bond acceptors (Lipinski definition) is 11. The van der Waals surface area contributed by atoms with E-state index < -0.39 is 29.5 Å². The van der Waals surface area contributed by atoms with E-state index in [1.807, 2.05) is 61.0 Å². The third-order valence-electron chi connectivity index (χ3n) is 19.3. The molecule has 12 heterocycles. The van der Waals surface area contributed by atoms with Crippen LogP contribution in [0.15, 0.2) is 104 Å². The summed E-state index contributed by atoms with van der Waals surface area (Å²) in [7, 11) is 0. The Balaban J connectivity index is 0.000000121. The highest BCUT2D eigenvalue weighted by atomic mass is 35.5. The fourth-order valence-electron chi connectivity index (χ4n) is 15.1. The van der Waals surface area contributed by atoms with Gasteiger partial charge in [-0.15, -0.1) is 0 Å². The number of halogens is 5. The van der Waals surface area contributed by atoms with Crippen molar-refractivity contribution in [3.63, 3.8) is 0 Å². The molecule has 14 nitrogen and oxygen atoms in total. The smallest absolute Gasteiger partial charge is 0.387 e. The van der Waals surface area contributed by atoms with Gasteiger partial charge in [0.05, 0.1) is 66.2 Å². The molecule has 9 aromatic rings. The molecule has 87 heavy (non-hydrogen) atoms. The van der Waals surface area contributed by atoms with Crippen molar-refractivity contribution in [3.05, 3.63) is 182 Å². The van der Waals surface area contributed by atoms with E-state index in [2.05, 4.69) is 28.8 Å². The Kier molecular flexibility index (Phi) is 16.6. The molecule has 15 rings (SSSR count). The van der Waals surface area contributed by atoms with Gasteiger partial charge >= 0.3 is 6.18 Å². The van der Waals surface area contributed by atoms with Gasteiger partial charge in [-0.2, -0.15) is 13.2 Å². The van der Waals surface area contributed by atoms with E-state index in [9.17, 15) is 32.9 Å². The first-order chi connectivity index (χ1) is 42.0. The highest BCUT2D eigenvalue weighted by Gasteiger charge is 2.40. The number of rotatable bonds is 9. The Morgan fingerprint density at radius 1 is 0.552 bits per heavy atom. The maximum atomic E-state index is 13.2. The van der Waals surface area contributed by atoms with Crippen LogP contribution in [0.2, 0.25) is 5.02 Å². The summed E-state index contributed by atoms with van der Waals surface area (Å²) in [5.74, 6) is -0.293. The lowest BCUT2D eigenvalue weighted by molar-refractivity contribution is -0.137. The number of aliphatic hydroxyl groups excluding tert-OH is 2. The standard InChI is InChI=1S/C24H25ClF3N3O.C22H25FN4O.C22H26N4O/c1-23(32,15-5-7-16(8-6-15)24(26,27)28)14-31-20-9-11-30-10-3-2-4-19(30)21(20)18-12-17(25)13-29-22(18)31;1-14-12-24-22-21(25-14)20-17-4-2-3-10-26(17)11-9-18(20)27(22)13-19(28)15-5-7-16(23)8-6-15;1-15-13-23-22-21(24-15)20-17-9-5-6-11-25(17)12-10-18(20)26(22)14-19(27)16-7-3-2-4-8-16/h5-8,12-13,19,32H,2-4,9-11,14H2,1H3;5-8,12,17,19,28H,2-4,9-11,13H2,1H3;2-4,7-8,13,17,19,27H,5-6,9-12,14H2,1H3. The molecule has 3 fully saturated rings. The van der Waals surface area contributed by atoms with Crippen LogP contribution in [0, 0.1) is 19.7 Å². The summed E-state index contributed by atoms with van der Waals surface area (Å²) in [4.78, 5) is 31.5. The SMILES string of the molecule is CC(O)(Cn1c2c(c3cc(Cl)cnc31)C1CCCCN1CC2)c1ccc(C(F)(F)F)cc1.Cc1cnc2c(n1)c1c(n2CC(O)c2ccc(F)cc2)CCN2CCCCC12.Cc1cnc2c(n1)c1c(n2CC(O)c2ccccc2)CCN2CCCCC12. The molecule has 3 N–H and O–H groups in total. The lowest BCUT2D eigenvalue weighted by atomic mass is 9.89. The fraction of sp³-hybridized carbons (Fsp3) is 0.456. The van der Waals surface area contributed by atoms with E-state index in [4.69, 9.17) is 31.5 Å². The van der Waals surface area contributed by atoms with Crippen LogP contribution in [-0.2, 0) is 50.7 Å². The molecule has 6 unspecified atom stereocenters. The molecule has 0 spiro atoms. The van der Waals surface area contributed by atoms with Crippen LogP contribution in [0.1, 0.15) is 162 Å². The van der Waals surface area contributed by atoms with Gasteiger partial charge in [-0.05, 0) is 132 Å². The molecule has 6 atom stereocenters. The zero-order valence-electron chi connectivity index (χ0n) is 49.7. The minimum absolute atomic E-state index is 0.200. The summed E-state index contributed by atoms with van der Waals surface area (Å²) in [5.41, 5.74) is 14.1. The third kappa shape index (κ3) is 11.7. The Morgan fingerprint density at radius 2 is 1.00 bits per heavy atom. The normalized spacial score (nSPS) is 21.0. The number of alkyl halides is 3. The van der Waals surface area contributed by atoms with E-state index in [0.717, 1.165) is 133 Å². The summed E-state index contributed by atoms with van der Waals surface area (Å²) in [6.07, 6.45) is 13.2. The number of pyridine rings is 1. The van der Waals surface area contributed by atoms with Crippen molar-refractivity contribution < 1.29 is 32.9 Å². The zero-order valence-corrected chi connectivity index (χ0v) is 50.5. The summed E-state index contributed by atoms with van der Waals surface area (Å²) in [5, 5.41) is 34.6. The molecule has 0 radical (unpaired) electrons. The molecular weight excluding hydrogens is 1130 g/mol. The topological polar surface area (TPSA) is 150 Å². The van der Waals surface area contributed by atoms with E-state index in [1.54, 1.807) is 31.5 Å². The van der Waals surface area contributed by atoms with Crippen molar-refractivity contribution in [3.8, 4) is 0 Å². The zero-order chi connectivity index (χ0) is 60.3. The van der Waals surface area contributed by atoms with Gasteiger partial charge in [-0.1, -0.05) is 85.5 Å². The lowest BCUT2D eigenvalue weighted by Gasteiger charge is -2.40. The fourth-order valence-corrected chi connectivity index (χ4v) is 15.2. The minimum Gasteiger partial charge on any atom is -0.387 e. The number of nitrogens with zero attached hydrogens (tertiary/aromatic N) is 11. The maximum absolute atomic E-state index is 13.2. The Hall–Kier alpha value is -6.64. The van der Waals surface area contributed by atoms with Crippen molar-refractivity contribution in [2.24, 2.45) is 0 Å². The van der Waals surface area contributed by atoms with Gasteiger partial charge < -0.3 is 29.0 Å². The average Bonchev–Trinajstić information content (AvgIpc) is 1.89. The Labute approximate surface area is 509 Å². The van der Waals surface area contributed by atoms with Gasteiger partial charge in [0, 0.05) is 96.8 Å². The quantitative estimate of drug-likeness (QED) is 0.119. The molecule has 6 aromatic heterocycles. The largest absolute Gasteiger partial charge is 0.416 e. The molecule has 0 amide bonds. The molecule has 0 saturated carbocycles. The second-order valence-electron chi connectivity index (χ2n) is 25.0. The molecule has 6 aliphatic rings. The second kappa shape index (κ2) is 24.4. The van der Waals surface area contributed by atoms with Crippen LogP contribution >= 0.6 is 11.6 Å². The monoisotopic (exact) mass is 1210 g/mol. The van der Waals surface area contributed by atoms with Crippen LogP contribution in [-0.4, -0.2) is 108 Å². The van der Waals surface area contributed by atoms with Crippen LogP contribution in [0.3, 0.4) is 0 Å². The summed E-state index contributed by atoms with van der Waals surface area (Å²) in [6, 6.07) is 23.9. The number of benzene rings is 3. The van der Waals surface area contributed by atoms with E-state index in [-0.39, 0.29) is 12.4 Å². The number of fused-ring (bicyclic) bond motifs is 15. The second-order valence-corrected chi connectivity index (χ2v) is 25.5. The molecule has 0 bridgehead atoms. The molecule has 3 saturated heterocycles. The molecule has 19 heteroatoms. The van der Waals surface area contributed by atoms with E-state index in [0.29, 0.717) is 47.4 Å². The summed E-state index contributed by atoms with van der Waals surface area (Å²) in [6.45, 7) is 13.2. The van der Waals surface area contributed by atoms with E-state index >= 15 is 0 Å². The van der Waals surface area contributed by atoms with Gasteiger partial charge in [0.15, 0.2) is 11.3 Å². The minimum atomic E-state index is -4.41. The van der Waals surface area contributed by atoms with Gasteiger partial charge in [-0.25, -0.2) is 29.3 Å². The van der Waals surface area contributed by atoms with Crippen molar-refractivity contribution in [2.75, 3.05) is 39.3 Å². The van der Waals surface area contributed by atoms with E-state index in [1.165, 1.54) is 104 Å². The number of aryl methyl sites for hydroxylation is 2. The molecule has 0 aliphatic carbocycles. The summed E-state index contributed by atoms with van der Waals surface area (Å²) < 4.78 is 58.6. The van der Waals surface area contributed by atoms with Crippen LogP contribution in [0.5, 0.6) is 0 Å². The van der Waals surface area contributed by atoms with Crippen LogP contribution in [0.25, 0.3) is 33.4 Å². The predicted octanol–water partition coefficient (Wildman–Crippen LogP) is 13.0. The first-order valence-corrected chi connectivity index (χ1v) is 31.5. The molecule has 6 aliphatic heterocycles. The Bertz CT molecular complexity index is 3940. The highest BCUT2D eigenvalue weighted by Crippen LogP contribution is 2.46. The van der Waals surface area contributed by atoms with Crippen molar-refractivity contribution in [1.29, 1.82) is 0 Å². The number of aliphatic hydroxyl groups is 3. The molecule has 456 valence electrons. The number of hydrogen-bond donors (Lipinski definition) is 3. The average molecular weight is 1210 g/mol. The van der Waals surface area contributed by atoms with Crippen molar-refractivity contribution in [1.82, 2.24) is 53.3 Å². The number of piperidine rings is 3. The van der Waals surface area contributed by atoms with Gasteiger partial charge in [0.25, 0.3) is 0 Å². The van der Waals surface area contributed by atoms with Crippen LogP contribution < -0.4 is 0 Å². The van der Waals surface area contributed by atoms with Crippen molar-refractivity contribution in [2.45, 2.75) is 160 Å². The number of aromatic nitrogens is 8. The van der Waals surface area contributed by atoms with Gasteiger partial charge in [-0.3, -0.25) is 14.7 Å². The molecule has 3 aromatic carbocycles. The van der Waals surface area contributed by atoms with Gasteiger partial charge in [0.2, 0.25) is 0 Å². The first-order valence-electron chi connectivity index (χ1n) is 31.1. The summed E-state index contributed by atoms with van der Waals surface area (Å²) >= 11 is 6.30. The van der Waals surface area contributed by atoms with Crippen LogP contribution in [0.4, 0.5) is 17.6 Å². The van der Waals surface area contributed by atoms with Gasteiger partial charge in [0.1, 0.15) is 28.1 Å². The highest BCUT2D eigenvalue weighted by molar-refractivity contribution is 6.31. The first kappa shape index (κ1) is 59.3. The third-order valence-corrected chi connectivity index (χ3v) is 19.5. The van der Waals surface area contributed by atoms with Crippen molar-refractivity contribution >= 4 is 45.0 Å². The Morgan fingerprint density at radius 3 is 1.49 bits per heavy atom.